The molecule has 0 saturated heterocycles. The summed E-state index contributed by atoms with van der Waals surface area (Å²) in [5.74, 6) is 3.09. The van der Waals surface area contributed by atoms with Crippen LogP contribution in [0.2, 0.25) is 0 Å². The number of carbonyl (C=O) groups is 1. The van der Waals surface area contributed by atoms with Crippen molar-refractivity contribution in [1.82, 2.24) is 20.1 Å². The van der Waals surface area contributed by atoms with Gasteiger partial charge in [-0.2, -0.15) is 0 Å². The molecular formula is C23H34N4O2S. The van der Waals surface area contributed by atoms with Gasteiger partial charge < -0.3 is 14.6 Å². The first-order valence-corrected chi connectivity index (χ1v) is 12.0. The second-order valence-electron chi connectivity index (χ2n) is 8.38. The Balaban J connectivity index is 1.52. The Bertz CT molecular complexity index is 819. The fraction of sp³-hybridized carbons (Fsp3) is 0.609. The van der Waals surface area contributed by atoms with E-state index >= 15 is 0 Å². The summed E-state index contributed by atoms with van der Waals surface area (Å²) in [6.45, 7) is 9.73. The van der Waals surface area contributed by atoms with Gasteiger partial charge in [0.2, 0.25) is 5.91 Å². The molecule has 1 saturated carbocycles. The van der Waals surface area contributed by atoms with Gasteiger partial charge in [-0.15, -0.1) is 10.2 Å². The van der Waals surface area contributed by atoms with Gasteiger partial charge in [0.25, 0.3) is 0 Å². The first-order chi connectivity index (χ1) is 14.5. The molecule has 1 aromatic heterocycles. The second-order valence-corrected chi connectivity index (χ2v) is 9.32. The number of ether oxygens (including phenoxy) is 1. The van der Waals surface area contributed by atoms with Crippen LogP contribution in [0.3, 0.4) is 0 Å². The molecule has 0 spiro atoms. The molecule has 2 atom stereocenters. The van der Waals surface area contributed by atoms with Crippen LogP contribution >= 0.6 is 11.8 Å². The number of thioether (sulfide) groups is 1. The summed E-state index contributed by atoms with van der Waals surface area (Å²) in [6, 6.07) is 8.49. The monoisotopic (exact) mass is 430 g/mol. The molecule has 0 bridgehead atoms. The predicted molar refractivity (Wildman–Crippen MR) is 121 cm³/mol. The van der Waals surface area contributed by atoms with Crippen molar-refractivity contribution in [3.8, 4) is 5.75 Å². The third-order valence-electron chi connectivity index (χ3n) is 5.81. The summed E-state index contributed by atoms with van der Waals surface area (Å²) in [4.78, 5) is 12.4. The number of aromatic nitrogens is 3. The molecule has 7 heteroatoms. The van der Waals surface area contributed by atoms with Crippen molar-refractivity contribution < 1.29 is 9.53 Å². The number of nitrogens with one attached hydrogen (secondary N) is 1. The van der Waals surface area contributed by atoms with Crippen molar-refractivity contribution in [3.05, 3.63) is 35.7 Å². The Morgan fingerprint density at radius 1 is 1.23 bits per heavy atom. The van der Waals surface area contributed by atoms with Crippen molar-refractivity contribution in [2.45, 2.75) is 83.6 Å². The lowest BCUT2D eigenvalue weighted by Gasteiger charge is -2.29. The van der Waals surface area contributed by atoms with Crippen LogP contribution in [0.4, 0.5) is 0 Å². The van der Waals surface area contributed by atoms with Crippen LogP contribution in [0.1, 0.15) is 70.7 Å². The van der Waals surface area contributed by atoms with E-state index in [2.05, 4.69) is 55.3 Å². The molecule has 164 valence electrons. The van der Waals surface area contributed by atoms with Crippen LogP contribution in [0.25, 0.3) is 0 Å². The first kappa shape index (κ1) is 22.7. The molecule has 30 heavy (non-hydrogen) atoms. The van der Waals surface area contributed by atoms with Gasteiger partial charge in [0.1, 0.15) is 12.4 Å². The molecule has 0 unspecified atom stereocenters. The maximum absolute atomic E-state index is 12.4. The number of carbonyl (C=O) groups excluding carboxylic acids is 1. The van der Waals surface area contributed by atoms with Crippen molar-refractivity contribution >= 4 is 17.7 Å². The lowest BCUT2D eigenvalue weighted by Crippen LogP contribution is -2.41. The van der Waals surface area contributed by atoms with Crippen LogP contribution in [0, 0.1) is 5.92 Å². The lowest BCUT2D eigenvalue weighted by molar-refractivity contribution is -0.119. The average Bonchev–Trinajstić information content (AvgIpc) is 3.14. The molecule has 3 rings (SSSR count). The van der Waals surface area contributed by atoms with Gasteiger partial charge in [0.05, 0.1) is 5.75 Å². The second kappa shape index (κ2) is 10.8. The summed E-state index contributed by atoms with van der Waals surface area (Å²) in [5, 5.41) is 12.5. The molecule has 1 N–H and O–H groups in total. The minimum atomic E-state index is 0.0763. The normalized spacial score (nSPS) is 19.1. The highest BCUT2D eigenvalue weighted by Crippen LogP contribution is 2.24. The third-order valence-corrected chi connectivity index (χ3v) is 6.78. The molecule has 1 aromatic carbocycles. The van der Waals surface area contributed by atoms with Crippen LogP contribution in [-0.2, 0) is 17.9 Å². The number of hydrogen-bond acceptors (Lipinski definition) is 5. The smallest absolute Gasteiger partial charge is 0.230 e. The Kier molecular flexibility index (Phi) is 8.19. The van der Waals surface area contributed by atoms with Crippen LogP contribution in [0.15, 0.2) is 29.4 Å². The molecule has 6 nitrogen and oxygen atoms in total. The number of benzene rings is 1. The Labute approximate surface area is 184 Å². The van der Waals surface area contributed by atoms with E-state index in [1.54, 1.807) is 0 Å². The molecular weight excluding hydrogens is 396 g/mol. The van der Waals surface area contributed by atoms with Crippen molar-refractivity contribution in [3.63, 3.8) is 0 Å². The SMILES string of the molecule is CCn1c(COc2ccc(C(C)C)cc2)nnc1SCC(=O)N[C@H]1CCCC[C@H]1C. The molecule has 0 aliphatic heterocycles. The van der Waals surface area contributed by atoms with E-state index in [0.29, 0.717) is 30.2 Å². The van der Waals surface area contributed by atoms with Crippen LogP contribution in [0.5, 0.6) is 5.75 Å². The fourth-order valence-electron chi connectivity index (χ4n) is 3.86. The van der Waals surface area contributed by atoms with E-state index in [1.807, 2.05) is 16.7 Å². The van der Waals surface area contributed by atoms with Gasteiger partial charge in [0.15, 0.2) is 11.0 Å². The van der Waals surface area contributed by atoms with E-state index in [-0.39, 0.29) is 5.91 Å². The highest BCUT2D eigenvalue weighted by Gasteiger charge is 2.23. The molecule has 0 radical (unpaired) electrons. The van der Waals surface area contributed by atoms with Gasteiger partial charge in [-0.1, -0.05) is 57.5 Å². The van der Waals surface area contributed by atoms with Gasteiger partial charge >= 0.3 is 0 Å². The van der Waals surface area contributed by atoms with Gasteiger partial charge in [0, 0.05) is 12.6 Å². The van der Waals surface area contributed by atoms with Crippen LogP contribution in [-0.4, -0.2) is 32.5 Å². The van der Waals surface area contributed by atoms with Crippen molar-refractivity contribution in [2.75, 3.05) is 5.75 Å². The fourth-order valence-corrected chi connectivity index (χ4v) is 4.69. The molecule has 1 fully saturated rings. The largest absolute Gasteiger partial charge is 0.486 e. The molecule has 2 aromatic rings. The molecule has 1 aliphatic carbocycles. The van der Waals surface area contributed by atoms with Gasteiger partial charge in [-0.3, -0.25) is 4.79 Å². The summed E-state index contributed by atoms with van der Waals surface area (Å²) >= 11 is 1.44. The van der Waals surface area contributed by atoms with Gasteiger partial charge in [-0.05, 0) is 49.3 Å². The zero-order valence-electron chi connectivity index (χ0n) is 18.6. The van der Waals surface area contributed by atoms with Gasteiger partial charge in [-0.25, -0.2) is 0 Å². The molecule has 1 heterocycles. The Morgan fingerprint density at radius 3 is 2.63 bits per heavy atom. The zero-order valence-corrected chi connectivity index (χ0v) is 19.4. The molecule has 1 amide bonds. The Hall–Kier alpha value is -2.02. The lowest BCUT2D eigenvalue weighted by atomic mass is 9.86. The number of hydrogen-bond donors (Lipinski definition) is 1. The van der Waals surface area contributed by atoms with E-state index in [9.17, 15) is 4.79 Å². The minimum Gasteiger partial charge on any atom is -0.486 e. The molecule has 1 aliphatic rings. The summed E-state index contributed by atoms with van der Waals surface area (Å²) < 4.78 is 7.93. The van der Waals surface area contributed by atoms with E-state index in [1.165, 1.54) is 36.6 Å². The van der Waals surface area contributed by atoms with Crippen molar-refractivity contribution in [1.29, 1.82) is 0 Å². The Morgan fingerprint density at radius 2 is 1.97 bits per heavy atom. The highest BCUT2D eigenvalue weighted by molar-refractivity contribution is 7.99. The van der Waals surface area contributed by atoms with Crippen molar-refractivity contribution in [2.24, 2.45) is 5.92 Å². The predicted octanol–water partition coefficient (Wildman–Crippen LogP) is 4.79. The average molecular weight is 431 g/mol. The third kappa shape index (κ3) is 6.00. The van der Waals surface area contributed by atoms with E-state index in [0.717, 1.165) is 29.7 Å². The van der Waals surface area contributed by atoms with E-state index in [4.69, 9.17) is 4.74 Å². The topological polar surface area (TPSA) is 69.0 Å². The summed E-state index contributed by atoms with van der Waals surface area (Å²) in [5.41, 5.74) is 1.29. The van der Waals surface area contributed by atoms with E-state index < -0.39 is 0 Å². The van der Waals surface area contributed by atoms with Crippen LogP contribution < -0.4 is 10.1 Å². The maximum Gasteiger partial charge on any atom is 0.230 e. The summed E-state index contributed by atoms with van der Waals surface area (Å²) in [6.07, 6.45) is 4.76. The minimum absolute atomic E-state index is 0.0763. The summed E-state index contributed by atoms with van der Waals surface area (Å²) in [7, 11) is 0. The highest BCUT2D eigenvalue weighted by atomic mass is 32.2. The maximum atomic E-state index is 12.4. The number of rotatable bonds is 9. The quantitative estimate of drug-likeness (QED) is 0.580. The number of amides is 1. The first-order valence-electron chi connectivity index (χ1n) is 11.0. The standard InChI is InChI=1S/C23H34N4O2S/c1-5-27-21(14-29-19-12-10-18(11-13-19)16(2)3)25-26-23(27)30-15-22(28)24-20-9-7-6-8-17(20)4/h10-13,16-17,20H,5-9,14-15H2,1-4H3,(H,24,28)/t17-,20+/m1/s1. The number of nitrogens with zero attached hydrogens (tertiary/aromatic N) is 3. The zero-order chi connectivity index (χ0) is 21.5.